The Kier molecular flexibility index (Phi) is 2.85. The van der Waals surface area contributed by atoms with Crippen LogP contribution in [0.4, 0.5) is 11.5 Å². The summed E-state index contributed by atoms with van der Waals surface area (Å²) in [7, 11) is 0. The topological polar surface area (TPSA) is 101 Å². The minimum atomic E-state index is -0.00391. The summed E-state index contributed by atoms with van der Waals surface area (Å²) in [6.07, 6.45) is 2.42. The third kappa shape index (κ3) is 1.80. The van der Waals surface area contributed by atoms with Gasteiger partial charge < -0.3 is 21.4 Å². The van der Waals surface area contributed by atoms with Gasteiger partial charge in [0.15, 0.2) is 0 Å². The van der Waals surface area contributed by atoms with E-state index in [0.717, 1.165) is 29.9 Å². The van der Waals surface area contributed by atoms with Crippen molar-refractivity contribution in [1.29, 1.82) is 0 Å². The average Bonchev–Trinajstić information content (AvgIpc) is 2.77. The molecule has 1 aliphatic heterocycles. The molecule has 0 saturated heterocycles. The average molecular weight is 271 g/mol. The number of rotatable bonds is 2. The number of anilines is 2. The molecule has 0 atom stereocenters. The highest BCUT2D eigenvalue weighted by Gasteiger charge is 2.29. The maximum atomic E-state index is 12.4. The summed E-state index contributed by atoms with van der Waals surface area (Å²) in [6, 6.07) is 3.57. The van der Waals surface area contributed by atoms with Crippen LogP contribution in [0.25, 0.3) is 11.3 Å². The Bertz CT molecular complexity index is 676. The van der Waals surface area contributed by atoms with Gasteiger partial charge in [0.25, 0.3) is 5.91 Å². The molecule has 104 valence electrons. The molecule has 1 aliphatic rings. The summed E-state index contributed by atoms with van der Waals surface area (Å²) in [5.41, 5.74) is 15.5. The lowest BCUT2D eigenvalue weighted by atomic mass is 10.0. The van der Waals surface area contributed by atoms with Crippen LogP contribution in [0, 0.1) is 0 Å². The molecule has 0 spiro atoms. The highest BCUT2D eigenvalue weighted by Crippen LogP contribution is 2.34. The molecule has 20 heavy (non-hydrogen) atoms. The molecule has 0 aromatic carbocycles. The Morgan fingerprint density at radius 3 is 2.95 bits per heavy atom. The number of nitrogens with zero attached hydrogens (tertiary/aromatic N) is 2. The minimum Gasteiger partial charge on any atom is -0.396 e. The van der Waals surface area contributed by atoms with Gasteiger partial charge in [0.05, 0.1) is 16.9 Å². The largest absolute Gasteiger partial charge is 0.396 e. The quantitative estimate of drug-likeness (QED) is 0.765. The van der Waals surface area contributed by atoms with Gasteiger partial charge in [0, 0.05) is 37.0 Å². The van der Waals surface area contributed by atoms with E-state index >= 15 is 0 Å². The van der Waals surface area contributed by atoms with Gasteiger partial charge in [-0.25, -0.2) is 4.98 Å². The third-order valence-corrected chi connectivity index (χ3v) is 3.70. The number of nitrogens with one attached hydrogen (secondary N) is 1. The molecule has 0 unspecified atom stereocenters. The molecule has 6 nitrogen and oxygen atoms in total. The van der Waals surface area contributed by atoms with Crippen LogP contribution < -0.4 is 11.5 Å². The summed E-state index contributed by atoms with van der Waals surface area (Å²) < 4.78 is 0. The Balaban J connectivity index is 2.11. The second kappa shape index (κ2) is 4.56. The molecule has 0 aliphatic carbocycles. The van der Waals surface area contributed by atoms with E-state index < -0.39 is 0 Å². The van der Waals surface area contributed by atoms with Gasteiger partial charge in [-0.1, -0.05) is 0 Å². The predicted octanol–water partition coefficient (Wildman–Crippen LogP) is 1.26. The number of likely N-dealkylation sites (N-methyl/N-ethyl adjacent to an activating group) is 1. The van der Waals surface area contributed by atoms with Crippen molar-refractivity contribution in [3.05, 3.63) is 29.6 Å². The molecule has 3 rings (SSSR count). The Labute approximate surface area is 116 Å². The van der Waals surface area contributed by atoms with Crippen LogP contribution in [-0.4, -0.2) is 33.9 Å². The first-order valence-electron chi connectivity index (χ1n) is 6.63. The molecule has 6 heteroatoms. The number of carbonyl (C=O) groups is 1. The van der Waals surface area contributed by atoms with Crippen molar-refractivity contribution in [1.82, 2.24) is 14.9 Å². The number of hydrogen-bond donors (Lipinski definition) is 3. The fourth-order valence-electron chi connectivity index (χ4n) is 2.64. The second-order valence-corrected chi connectivity index (χ2v) is 4.87. The van der Waals surface area contributed by atoms with Crippen molar-refractivity contribution in [2.75, 3.05) is 24.6 Å². The maximum absolute atomic E-state index is 12.4. The van der Waals surface area contributed by atoms with E-state index in [9.17, 15) is 4.79 Å². The van der Waals surface area contributed by atoms with E-state index in [1.165, 1.54) is 0 Å². The number of aromatic nitrogens is 2. The number of fused-ring (bicyclic) bond motifs is 1. The van der Waals surface area contributed by atoms with E-state index in [2.05, 4.69) is 9.97 Å². The number of hydrogen-bond acceptors (Lipinski definition) is 4. The van der Waals surface area contributed by atoms with E-state index in [1.807, 2.05) is 13.0 Å². The van der Waals surface area contributed by atoms with E-state index in [-0.39, 0.29) is 5.91 Å². The fourth-order valence-corrected chi connectivity index (χ4v) is 2.64. The lowest BCUT2D eigenvalue weighted by Gasteiger charge is -2.25. The lowest BCUT2D eigenvalue weighted by Crippen LogP contribution is -2.37. The predicted molar refractivity (Wildman–Crippen MR) is 78.1 cm³/mol. The van der Waals surface area contributed by atoms with E-state index in [4.69, 9.17) is 11.5 Å². The zero-order valence-electron chi connectivity index (χ0n) is 11.3. The third-order valence-electron chi connectivity index (χ3n) is 3.70. The molecule has 0 fully saturated rings. The number of amides is 1. The number of carbonyl (C=O) groups excluding carboxylic acids is 1. The second-order valence-electron chi connectivity index (χ2n) is 4.87. The SMILES string of the molecule is CCN1CCc2[nH]c(-c3ccnc(N)c3)c(N)c2C1=O. The highest BCUT2D eigenvalue weighted by molar-refractivity contribution is 6.04. The number of nitrogen functional groups attached to an aromatic ring is 2. The number of H-pyrrole nitrogens is 1. The zero-order valence-corrected chi connectivity index (χ0v) is 11.3. The lowest BCUT2D eigenvalue weighted by molar-refractivity contribution is 0.0750. The van der Waals surface area contributed by atoms with Crippen LogP contribution >= 0.6 is 0 Å². The number of aromatic amines is 1. The molecule has 1 amide bonds. The first-order chi connectivity index (χ1) is 9.61. The van der Waals surface area contributed by atoms with Crippen LogP contribution in [0.15, 0.2) is 18.3 Å². The van der Waals surface area contributed by atoms with Crippen LogP contribution in [0.5, 0.6) is 0 Å². The molecular formula is C14H17N5O. The van der Waals surface area contributed by atoms with Crippen molar-refractivity contribution in [3.63, 3.8) is 0 Å². The van der Waals surface area contributed by atoms with Crippen LogP contribution in [0.2, 0.25) is 0 Å². The van der Waals surface area contributed by atoms with Crippen molar-refractivity contribution in [3.8, 4) is 11.3 Å². The summed E-state index contributed by atoms with van der Waals surface area (Å²) in [4.78, 5) is 21.4. The highest BCUT2D eigenvalue weighted by atomic mass is 16.2. The molecule has 0 radical (unpaired) electrons. The summed E-state index contributed by atoms with van der Waals surface area (Å²) >= 11 is 0. The molecule has 0 saturated carbocycles. The summed E-state index contributed by atoms with van der Waals surface area (Å²) in [5, 5.41) is 0. The van der Waals surface area contributed by atoms with Crippen molar-refractivity contribution >= 4 is 17.4 Å². The van der Waals surface area contributed by atoms with Gasteiger partial charge >= 0.3 is 0 Å². The van der Waals surface area contributed by atoms with Crippen molar-refractivity contribution < 1.29 is 4.79 Å². The maximum Gasteiger partial charge on any atom is 0.257 e. The Morgan fingerprint density at radius 2 is 2.25 bits per heavy atom. The van der Waals surface area contributed by atoms with Gasteiger partial charge in [-0.15, -0.1) is 0 Å². The molecule has 2 aromatic rings. The van der Waals surface area contributed by atoms with Crippen LogP contribution in [0.1, 0.15) is 23.0 Å². The van der Waals surface area contributed by atoms with Crippen molar-refractivity contribution in [2.24, 2.45) is 0 Å². The standard InChI is InChI=1S/C14H17N5O/c1-2-19-6-4-9-11(14(19)20)12(16)13(18-9)8-3-5-17-10(15)7-8/h3,5,7,18H,2,4,6,16H2,1H3,(H2,15,17). The molecule has 2 aromatic heterocycles. The van der Waals surface area contributed by atoms with Crippen LogP contribution in [0.3, 0.4) is 0 Å². The number of pyridine rings is 1. The first-order valence-corrected chi connectivity index (χ1v) is 6.63. The van der Waals surface area contributed by atoms with E-state index in [1.54, 1.807) is 17.2 Å². The van der Waals surface area contributed by atoms with Crippen molar-refractivity contribution in [2.45, 2.75) is 13.3 Å². The Morgan fingerprint density at radius 1 is 1.45 bits per heavy atom. The van der Waals surface area contributed by atoms with Gasteiger partial charge in [-0.3, -0.25) is 4.79 Å². The zero-order chi connectivity index (χ0) is 14.3. The van der Waals surface area contributed by atoms with Gasteiger partial charge in [0.2, 0.25) is 0 Å². The minimum absolute atomic E-state index is 0.00391. The normalized spacial score (nSPS) is 14.4. The van der Waals surface area contributed by atoms with Gasteiger partial charge in [-0.2, -0.15) is 0 Å². The molecule has 0 bridgehead atoms. The first kappa shape index (κ1) is 12.5. The fraction of sp³-hybridized carbons (Fsp3) is 0.286. The van der Waals surface area contributed by atoms with Gasteiger partial charge in [-0.05, 0) is 19.1 Å². The van der Waals surface area contributed by atoms with Crippen LogP contribution in [-0.2, 0) is 6.42 Å². The number of nitrogens with two attached hydrogens (primary N) is 2. The Hall–Kier alpha value is -2.50. The monoisotopic (exact) mass is 271 g/mol. The molecule has 3 heterocycles. The molecule has 5 N–H and O–H groups in total. The smallest absolute Gasteiger partial charge is 0.257 e. The van der Waals surface area contributed by atoms with Gasteiger partial charge in [0.1, 0.15) is 5.82 Å². The summed E-state index contributed by atoms with van der Waals surface area (Å²) in [6.45, 7) is 3.39. The molecular weight excluding hydrogens is 254 g/mol. The van der Waals surface area contributed by atoms with E-state index in [0.29, 0.717) is 23.6 Å². The summed E-state index contributed by atoms with van der Waals surface area (Å²) in [5.74, 6) is 0.423.